The van der Waals surface area contributed by atoms with E-state index in [4.69, 9.17) is 4.74 Å². The van der Waals surface area contributed by atoms with Gasteiger partial charge in [-0.3, -0.25) is 0 Å². The van der Waals surface area contributed by atoms with E-state index in [1.54, 1.807) is 11.4 Å². The molecule has 7 heteroatoms. The number of nitrogens with zero attached hydrogens (tertiary/aromatic N) is 3. The number of hydrogen-bond acceptors (Lipinski definition) is 5. The van der Waals surface area contributed by atoms with E-state index in [1.165, 1.54) is 0 Å². The van der Waals surface area contributed by atoms with Crippen molar-refractivity contribution in [3.8, 4) is 5.75 Å². The number of benzene rings is 1. The monoisotopic (exact) mass is 389 g/mol. The SMILES string of the molecule is COc1cc(C)c(S(=O)(=O)N2CCN(c3cccc(C)n3)CC2)c(C)c1C. The number of methoxy groups -OCH3 is 1. The molecule has 0 amide bonds. The van der Waals surface area contributed by atoms with Crippen LogP contribution in [0.1, 0.15) is 22.4 Å². The van der Waals surface area contributed by atoms with Crippen LogP contribution in [0, 0.1) is 27.7 Å². The first kappa shape index (κ1) is 19.6. The van der Waals surface area contributed by atoms with Gasteiger partial charge >= 0.3 is 0 Å². The number of aromatic nitrogens is 1. The summed E-state index contributed by atoms with van der Waals surface area (Å²) in [4.78, 5) is 7.09. The second-order valence-corrected chi connectivity index (χ2v) is 8.88. The molecule has 0 bridgehead atoms. The predicted octanol–water partition coefficient (Wildman–Crippen LogP) is 2.83. The number of ether oxygens (including phenoxy) is 1. The molecular weight excluding hydrogens is 362 g/mol. The van der Waals surface area contributed by atoms with Crippen LogP contribution in [0.25, 0.3) is 0 Å². The highest BCUT2D eigenvalue weighted by molar-refractivity contribution is 7.89. The van der Waals surface area contributed by atoms with E-state index >= 15 is 0 Å². The van der Waals surface area contributed by atoms with Gasteiger partial charge in [0.2, 0.25) is 10.0 Å². The molecule has 0 aliphatic carbocycles. The number of aryl methyl sites for hydroxylation is 2. The molecule has 0 N–H and O–H groups in total. The summed E-state index contributed by atoms with van der Waals surface area (Å²) in [5.41, 5.74) is 3.30. The van der Waals surface area contributed by atoms with Crippen molar-refractivity contribution in [3.63, 3.8) is 0 Å². The van der Waals surface area contributed by atoms with Crippen LogP contribution in [0.3, 0.4) is 0 Å². The molecule has 27 heavy (non-hydrogen) atoms. The van der Waals surface area contributed by atoms with E-state index in [0.717, 1.165) is 34.0 Å². The number of piperazine rings is 1. The van der Waals surface area contributed by atoms with E-state index in [1.807, 2.05) is 52.0 Å². The fraction of sp³-hybridized carbons (Fsp3) is 0.450. The van der Waals surface area contributed by atoms with Gasteiger partial charge < -0.3 is 9.64 Å². The van der Waals surface area contributed by atoms with Crippen molar-refractivity contribution < 1.29 is 13.2 Å². The van der Waals surface area contributed by atoms with Crippen molar-refractivity contribution in [3.05, 3.63) is 46.6 Å². The number of hydrogen-bond donors (Lipinski definition) is 0. The summed E-state index contributed by atoms with van der Waals surface area (Å²) < 4.78 is 33.6. The smallest absolute Gasteiger partial charge is 0.243 e. The lowest BCUT2D eigenvalue weighted by Crippen LogP contribution is -2.49. The maximum Gasteiger partial charge on any atom is 0.243 e. The van der Waals surface area contributed by atoms with E-state index in [2.05, 4.69) is 9.88 Å². The Kier molecular flexibility index (Phi) is 5.44. The minimum Gasteiger partial charge on any atom is -0.496 e. The molecule has 0 saturated carbocycles. The molecule has 0 spiro atoms. The largest absolute Gasteiger partial charge is 0.496 e. The Labute approximate surface area is 161 Å². The molecule has 0 unspecified atom stereocenters. The third-order valence-corrected chi connectivity index (χ3v) is 7.42. The summed E-state index contributed by atoms with van der Waals surface area (Å²) in [5, 5.41) is 0. The van der Waals surface area contributed by atoms with Crippen LogP contribution in [0.2, 0.25) is 0 Å². The van der Waals surface area contributed by atoms with Crippen molar-refractivity contribution in [2.45, 2.75) is 32.6 Å². The summed E-state index contributed by atoms with van der Waals surface area (Å²) >= 11 is 0. The predicted molar refractivity (Wildman–Crippen MR) is 107 cm³/mol. The average Bonchev–Trinajstić information content (AvgIpc) is 2.64. The van der Waals surface area contributed by atoms with Gasteiger partial charge in [0.05, 0.1) is 12.0 Å². The maximum absolute atomic E-state index is 13.3. The lowest BCUT2D eigenvalue weighted by molar-refractivity contribution is 0.382. The van der Waals surface area contributed by atoms with Gasteiger partial charge in [0.25, 0.3) is 0 Å². The Morgan fingerprint density at radius 1 is 1.00 bits per heavy atom. The molecule has 146 valence electrons. The molecule has 6 nitrogen and oxygen atoms in total. The minimum atomic E-state index is -3.55. The van der Waals surface area contributed by atoms with Crippen LogP contribution >= 0.6 is 0 Å². The highest BCUT2D eigenvalue weighted by Crippen LogP contribution is 2.32. The van der Waals surface area contributed by atoms with Gasteiger partial charge in [-0.1, -0.05) is 6.07 Å². The summed E-state index contributed by atoms with van der Waals surface area (Å²) in [6, 6.07) is 7.72. The molecule has 3 rings (SSSR count). The molecule has 1 aromatic carbocycles. The van der Waals surface area contributed by atoms with Gasteiger partial charge in [0.1, 0.15) is 11.6 Å². The highest BCUT2D eigenvalue weighted by Gasteiger charge is 2.32. The van der Waals surface area contributed by atoms with Crippen molar-refractivity contribution in [1.29, 1.82) is 0 Å². The zero-order chi connectivity index (χ0) is 19.8. The minimum absolute atomic E-state index is 0.405. The van der Waals surface area contributed by atoms with E-state index < -0.39 is 10.0 Å². The van der Waals surface area contributed by atoms with Crippen LogP contribution in [-0.4, -0.2) is 51.0 Å². The van der Waals surface area contributed by atoms with Crippen LogP contribution in [-0.2, 0) is 10.0 Å². The van der Waals surface area contributed by atoms with E-state index in [9.17, 15) is 8.42 Å². The normalized spacial score (nSPS) is 15.8. The Morgan fingerprint density at radius 3 is 2.26 bits per heavy atom. The quantitative estimate of drug-likeness (QED) is 0.805. The summed E-state index contributed by atoms with van der Waals surface area (Å²) in [6.07, 6.45) is 0. The zero-order valence-corrected chi connectivity index (χ0v) is 17.4. The van der Waals surface area contributed by atoms with Gasteiger partial charge in [-0.15, -0.1) is 0 Å². The third kappa shape index (κ3) is 3.66. The number of rotatable bonds is 4. The molecule has 0 atom stereocenters. The fourth-order valence-electron chi connectivity index (χ4n) is 3.62. The highest BCUT2D eigenvalue weighted by atomic mass is 32.2. The zero-order valence-electron chi connectivity index (χ0n) is 16.6. The molecule has 0 radical (unpaired) electrons. The Balaban J connectivity index is 1.85. The first-order valence-corrected chi connectivity index (χ1v) is 10.5. The molecule has 1 aliphatic heterocycles. The molecule has 1 saturated heterocycles. The topological polar surface area (TPSA) is 62.7 Å². The Morgan fingerprint density at radius 2 is 1.67 bits per heavy atom. The van der Waals surface area contributed by atoms with Crippen LogP contribution < -0.4 is 9.64 Å². The van der Waals surface area contributed by atoms with Gasteiger partial charge in [0, 0.05) is 31.9 Å². The van der Waals surface area contributed by atoms with Gasteiger partial charge in [-0.25, -0.2) is 13.4 Å². The van der Waals surface area contributed by atoms with E-state index in [-0.39, 0.29) is 0 Å². The lowest BCUT2D eigenvalue weighted by atomic mass is 10.1. The van der Waals surface area contributed by atoms with Crippen LogP contribution in [0.4, 0.5) is 5.82 Å². The van der Waals surface area contributed by atoms with Crippen molar-refractivity contribution in [2.24, 2.45) is 0 Å². The summed E-state index contributed by atoms with van der Waals surface area (Å²) in [6.45, 7) is 9.69. The Hall–Kier alpha value is -2.12. The van der Waals surface area contributed by atoms with Gasteiger partial charge in [-0.05, 0) is 62.6 Å². The van der Waals surface area contributed by atoms with Crippen LogP contribution in [0.5, 0.6) is 5.75 Å². The molecular formula is C20H27N3O3S. The van der Waals surface area contributed by atoms with Crippen molar-refractivity contribution >= 4 is 15.8 Å². The molecule has 1 aromatic heterocycles. The maximum atomic E-state index is 13.3. The number of pyridine rings is 1. The third-order valence-electron chi connectivity index (χ3n) is 5.23. The van der Waals surface area contributed by atoms with E-state index in [0.29, 0.717) is 31.1 Å². The second kappa shape index (κ2) is 7.48. The van der Waals surface area contributed by atoms with Crippen LogP contribution in [0.15, 0.2) is 29.2 Å². The molecule has 1 aliphatic rings. The van der Waals surface area contributed by atoms with Gasteiger partial charge in [0.15, 0.2) is 0 Å². The molecule has 2 heterocycles. The first-order valence-electron chi connectivity index (χ1n) is 9.09. The number of anilines is 1. The summed E-state index contributed by atoms with van der Waals surface area (Å²) in [7, 11) is -1.95. The number of sulfonamides is 1. The van der Waals surface area contributed by atoms with Crippen molar-refractivity contribution in [2.75, 3.05) is 38.2 Å². The molecule has 1 fully saturated rings. The fourth-order valence-corrected chi connectivity index (χ4v) is 5.53. The Bertz CT molecular complexity index is 949. The average molecular weight is 390 g/mol. The first-order chi connectivity index (χ1) is 12.8. The van der Waals surface area contributed by atoms with Gasteiger partial charge in [-0.2, -0.15) is 4.31 Å². The second-order valence-electron chi connectivity index (χ2n) is 7.00. The summed E-state index contributed by atoms with van der Waals surface area (Å²) in [5.74, 6) is 1.62. The van der Waals surface area contributed by atoms with Crippen molar-refractivity contribution in [1.82, 2.24) is 9.29 Å². The molecule has 2 aromatic rings. The standard InChI is InChI=1S/C20H27N3O3S/c1-14-13-18(26-5)16(3)17(4)20(14)27(24,25)23-11-9-22(10-12-23)19-8-6-7-15(2)21-19/h6-8,13H,9-12H2,1-5H3. The lowest BCUT2D eigenvalue weighted by Gasteiger charge is -2.35.